The van der Waals surface area contributed by atoms with Gasteiger partial charge >= 0.3 is 0 Å². The Bertz CT molecular complexity index is 5790. The molecule has 0 saturated heterocycles. The van der Waals surface area contributed by atoms with Gasteiger partial charge in [-0.3, -0.25) is 0 Å². The van der Waals surface area contributed by atoms with Gasteiger partial charge in [0.05, 0.1) is 29.3 Å². The van der Waals surface area contributed by atoms with Gasteiger partial charge in [0.15, 0.2) is 0 Å². The summed E-state index contributed by atoms with van der Waals surface area (Å²) in [6, 6.07) is 105. The Labute approximate surface area is 597 Å². The van der Waals surface area contributed by atoms with Crippen LogP contribution in [-0.4, -0.2) is 11.3 Å². The van der Waals surface area contributed by atoms with Crippen LogP contribution in [0.25, 0.3) is 105 Å². The first-order valence-electron chi connectivity index (χ1n) is 37.5. The van der Waals surface area contributed by atoms with Gasteiger partial charge in [-0.05, 0) is 178 Å². The van der Waals surface area contributed by atoms with Crippen molar-refractivity contribution in [2.45, 2.75) is 78.6 Å². The quantitative estimate of drug-likeness (QED) is 0.126. The highest BCUT2D eigenvalue weighted by atomic mass is 15.2. The van der Waals surface area contributed by atoms with Crippen molar-refractivity contribution in [1.82, 2.24) is 4.57 Å². The van der Waals surface area contributed by atoms with E-state index in [1.165, 1.54) is 16.7 Å². The molecule has 0 saturated carbocycles. The van der Waals surface area contributed by atoms with E-state index in [1.807, 2.05) is 6.07 Å². The van der Waals surface area contributed by atoms with E-state index in [2.05, 4.69) is 362 Å². The first kappa shape index (κ1) is 56.6. The number of para-hydroxylation sites is 2. The van der Waals surface area contributed by atoms with Crippen molar-refractivity contribution >= 4 is 79.0 Å². The van der Waals surface area contributed by atoms with Crippen LogP contribution in [-0.2, 0) is 16.2 Å². The molecule has 482 valence electrons. The summed E-state index contributed by atoms with van der Waals surface area (Å²) in [6.45, 7) is 20.1. The maximum atomic E-state index is 9.69. The monoisotopic (exact) mass is 1290 g/mol. The minimum atomic E-state index is -0.528. The summed E-state index contributed by atoms with van der Waals surface area (Å²) >= 11 is 0. The molecule has 15 aromatic rings. The Hall–Kier alpha value is -11.5. The molecular weight excluding hydrogens is 1210 g/mol. The number of hydrogen-bond donors (Lipinski definition) is 0. The lowest BCUT2D eigenvalue weighted by Gasteiger charge is -2.46. The SMILES string of the molecule is [2H]c1c([2H])c([2H])c(-c2ccc3c(c2)B2c4cc(-c5ccc(C(C)(C)C)cc5)ccc4N(c4c(-c5ccccc5)cc(C(C)(C)C)cc4-c4ccccc4)c4cc(-c5cccc6c5c5ccccc5n6-c5ccccc5)cc(c42)N3c2c(-c3ccccc3)cc(C(C)(C)C)cc2-c2ccccc2)c([2H])c1[2H]. The third kappa shape index (κ3) is 10.7. The molecule has 0 spiro atoms. The number of aromatic nitrogens is 1. The number of hydrogen-bond acceptors (Lipinski definition) is 2. The molecule has 0 N–H and O–H groups in total. The molecule has 0 unspecified atom stereocenters. The van der Waals surface area contributed by atoms with Crippen molar-refractivity contribution in [3.8, 4) is 83.6 Å². The Morgan fingerprint density at radius 2 is 0.690 bits per heavy atom. The van der Waals surface area contributed by atoms with Crippen molar-refractivity contribution in [2.24, 2.45) is 0 Å². The van der Waals surface area contributed by atoms with E-state index in [0.717, 1.165) is 145 Å². The van der Waals surface area contributed by atoms with Crippen LogP contribution in [0.1, 0.15) is 85.9 Å². The predicted molar refractivity (Wildman–Crippen MR) is 429 cm³/mol. The van der Waals surface area contributed by atoms with Gasteiger partial charge in [0.2, 0.25) is 0 Å². The molecule has 2 aliphatic rings. The van der Waals surface area contributed by atoms with Crippen LogP contribution in [0, 0.1) is 0 Å². The van der Waals surface area contributed by atoms with E-state index in [4.69, 9.17) is 1.37 Å². The fourth-order valence-electron chi connectivity index (χ4n) is 15.6. The van der Waals surface area contributed by atoms with Crippen LogP contribution in [0.3, 0.4) is 0 Å². The van der Waals surface area contributed by atoms with Gasteiger partial charge in [-0.25, -0.2) is 0 Å². The second-order valence-corrected chi connectivity index (χ2v) is 30.1. The first-order valence-corrected chi connectivity index (χ1v) is 35.0. The molecule has 3 nitrogen and oxygen atoms in total. The predicted octanol–water partition coefficient (Wildman–Crippen LogP) is 24.4. The van der Waals surface area contributed by atoms with Crippen LogP contribution < -0.4 is 26.2 Å². The van der Waals surface area contributed by atoms with Crippen molar-refractivity contribution in [2.75, 3.05) is 9.80 Å². The summed E-state index contributed by atoms with van der Waals surface area (Å²) < 4.78 is 49.0. The summed E-state index contributed by atoms with van der Waals surface area (Å²) in [6.07, 6.45) is 0. The maximum Gasteiger partial charge on any atom is 0.252 e. The molecule has 100 heavy (non-hydrogen) atoms. The number of fused-ring (bicyclic) bond motifs is 7. The smallest absolute Gasteiger partial charge is 0.252 e. The molecule has 17 rings (SSSR count). The minimum Gasteiger partial charge on any atom is -0.310 e. The second kappa shape index (κ2) is 24.2. The molecule has 1 aromatic heterocycles. The van der Waals surface area contributed by atoms with E-state index in [1.54, 1.807) is 0 Å². The molecule has 0 bridgehead atoms. The topological polar surface area (TPSA) is 11.4 Å². The normalized spacial score (nSPS) is 13.5. The van der Waals surface area contributed by atoms with Crippen molar-refractivity contribution in [3.63, 3.8) is 0 Å². The molecule has 0 aliphatic carbocycles. The highest BCUT2D eigenvalue weighted by molar-refractivity contribution is 7.00. The molecule has 14 aromatic carbocycles. The standard InChI is InChI=1S/C96H80BN3/c1-94(2,3)72-51-47-64(48-52-72)70-50-54-86-83(56-70)97-82-55-69(63-31-16-10-17-32-63)49-53-85(82)99(92-78(65-33-18-11-19-34-65)59-73(95(4,5)6)60-79(92)66-35-20-12-21-36-66)88-57-71(76-44-30-46-87-90(76)77-43-28-29-45-84(77)98(87)75-41-26-15-27-42-75)58-89(91(88)97)100(86)93-80(67-37-22-13-23-38-67)61-74(96(7,8)9)62-81(93)68-39-24-14-25-40-68/h10-62H,1-9H3/i10D,16D,17D,31D,32D. The van der Waals surface area contributed by atoms with Gasteiger partial charge in [0.1, 0.15) is 0 Å². The number of rotatable bonds is 10. The van der Waals surface area contributed by atoms with Gasteiger partial charge in [0.25, 0.3) is 6.71 Å². The Kier molecular flexibility index (Phi) is 13.7. The molecule has 0 fully saturated rings. The lowest BCUT2D eigenvalue weighted by Crippen LogP contribution is -2.61. The zero-order chi connectivity index (χ0) is 72.5. The Morgan fingerprint density at radius 1 is 0.290 bits per heavy atom. The van der Waals surface area contributed by atoms with Crippen molar-refractivity contribution < 1.29 is 6.85 Å². The molecule has 0 radical (unpaired) electrons. The summed E-state index contributed by atoms with van der Waals surface area (Å²) in [7, 11) is 0. The molecule has 3 heterocycles. The molecule has 4 heteroatoms. The molecule has 2 aliphatic heterocycles. The summed E-state index contributed by atoms with van der Waals surface area (Å²) in [5.74, 6) is 0. The summed E-state index contributed by atoms with van der Waals surface area (Å²) in [5.41, 5.74) is 28.5. The molecule has 0 atom stereocenters. The average Bonchev–Trinajstić information content (AvgIpc) is 0.984. The van der Waals surface area contributed by atoms with E-state index >= 15 is 0 Å². The first-order chi connectivity index (χ1) is 50.6. The van der Waals surface area contributed by atoms with Crippen LogP contribution in [0.15, 0.2) is 321 Å². The lowest BCUT2D eigenvalue weighted by molar-refractivity contribution is 0.590. The second-order valence-electron chi connectivity index (χ2n) is 30.1. The van der Waals surface area contributed by atoms with Gasteiger partial charge < -0.3 is 14.4 Å². The average molecular weight is 1290 g/mol. The van der Waals surface area contributed by atoms with E-state index in [0.29, 0.717) is 5.56 Å². The third-order valence-corrected chi connectivity index (χ3v) is 20.7. The number of nitrogens with zero attached hydrogens (tertiary/aromatic N) is 3. The minimum absolute atomic E-state index is 0.0721. The van der Waals surface area contributed by atoms with Crippen LogP contribution in [0.5, 0.6) is 0 Å². The van der Waals surface area contributed by atoms with Gasteiger partial charge in [-0.15, -0.1) is 0 Å². The largest absolute Gasteiger partial charge is 0.310 e. The Balaban J connectivity index is 1.10. The summed E-state index contributed by atoms with van der Waals surface area (Å²) in [4.78, 5) is 5.15. The number of benzene rings is 14. The zero-order valence-electron chi connectivity index (χ0n) is 63.1. The van der Waals surface area contributed by atoms with E-state index in [9.17, 15) is 5.48 Å². The Morgan fingerprint density at radius 3 is 1.14 bits per heavy atom. The molecular formula is C96H80BN3. The van der Waals surface area contributed by atoms with Gasteiger partial charge in [-0.2, -0.15) is 0 Å². The van der Waals surface area contributed by atoms with Crippen molar-refractivity contribution in [3.05, 3.63) is 338 Å². The van der Waals surface area contributed by atoms with Gasteiger partial charge in [0, 0.05) is 61.5 Å². The lowest BCUT2D eigenvalue weighted by atomic mass is 9.33. The third-order valence-electron chi connectivity index (χ3n) is 20.7. The highest BCUT2D eigenvalue weighted by Crippen LogP contribution is 2.56. The number of anilines is 6. The van der Waals surface area contributed by atoms with Gasteiger partial charge in [-0.1, -0.05) is 311 Å². The highest BCUT2D eigenvalue weighted by Gasteiger charge is 2.46. The summed E-state index contributed by atoms with van der Waals surface area (Å²) in [5, 5.41) is 2.26. The molecule has 0 amide bonds. The van der Waals surface area contributed by atoms with Crippen LogP contribution >= 0.6 is 0 Å². The van der Waals surface area contributed by atoms with Crippen LogP contribution in [0.4, 0.5) is 34.1 Å². The zero-order valence-corrected chi connectivity index (χ0v) is 58.1. The van der Waals surface area contributed by atoms with Crippen molar-refractivity contribution in [1.29, 1.82) is 0 Å². The van der Waals surface area contributed by atoms with Crippen LogP contribution in [0.2, 0.25) is 0 Å². The van der Waals surface area contributed by atoms with E-state index in [-0.39, 0.29) is 46.0 Å². The fraction of sp³-hybridized carbons (Fsp3) is 0.125. The van der Waals surface area contributed by atoms with E-state index < -0.39 is 12.8 Å². The maximum absolute atomic E-state index is 9.69. The fourth-order valence-corrected chi connectivity index (χ4v) is 15.6.